The Morgan fingerprint density at radius 2 is 1.70 bits per heavy atom. The van der Waals surface area contributed by atoms with Crippen LogP contribution in [-0.4, -0.2) is 78.6 Å². The van der Waals surface area contributed by atoms with Crippen molar-refractivity contribution in [1.82, 2.24) is 9.96 Å². The SMILES string of the molecule is COc1ccc(S(=O)(=O)C(CC(=O)N(C)CC(=O)O)N(O)[C@@H](C(N)=O)C(C)C)cc1. The molecule has 30 heavy (non-hydrogen) atoms. The van der Waals surface area contributed by atoms with E-state index in [0.29, 0.717) is 5.75 Å². The Kier molecular flexibility index (Phi) is 8.75. The van der Waals surface area contributed by atoms with Crippen LogP contribution in [0.25, 0.3) is 0 Å². The van der Waals surface area contributed by atoms with Crippen LogP contribution in [0.1, 0.15) is 20.3 Å². The largest absolute Gasteiger partial charge is 0.497 e. The fourth-order valence-corrected chi connectivity index (χ4v) is 4.41. The highest BCUT2D eigenvalue weighted by Crippen LogP contribution is 2.26. The molecule has 0 spiro atoms. The predicted molar refractivity (Wildman–Crippen MR) is 105 cm³/mol. The highest BCUT2D eigenvalue weighted by Gasteiger charge is 2.41. The third kappa shape index (κ3) is 6.15. The van der Waals surface area contributed by atoms with Crippen LogP contribution in [0.2, 0.25) is 0 Å². The molecule has 0 fully saturated rings. The topological polar surface area (TPSA) is 168 Å². The standard InChI is InChI=1S/C18H27N3O8S/c1-11(2)17(18(19)25)21(26)15(9-14(22)20(3)10-16(23)24)30(27,28)13-7-5-12(29-4)6-8-13/h5-8,11,15,17,26H,9-10H2,1-4H3,(H2,19,25)(H,23,24)/t15?,17-/m1/s1. The second-order valence-corrected chi connectivity index (χ2v) is 9.10. The van der Waals surface area contributed by atoms with E-state index in [1.54, 1.807) is 13.8 Å². The summed E-state index contributed by atoms with van der Waals surface area (Å²) in [6.45, 7) is 2.44. The van der Waals surface area contributed by atoms with Gasteiger partial charge in [0.25, 0.3) is 0 Å². The van der Waals surface area contributed by atoms with E-state index >= 15 is 0 Å². The second kappa shape index (κ2) is 10.4. The molecule has 4 N–H and O–H groups in total. The number of nitrogens with two attached hydrogens (primary N) is 1. The van der Waals surface area contributed by atoms with Gasteiger partial charge in [0.1, 0.15) is 18.3 Å². The minimum Gasteiger partial charge on any atom is -0.497 e. The first-order valence-corrected chi connectivity index (χ1v) is 10.5. The molecule has 1 aromatic carbocycles. The molecule has 0 heterocycles. The number of carbonyl (C=O) groups excluding carboxylic acids is 2. The summed E-state index contributed by atoms with van der Waals surface area (Å²) in [6.07, 6.45) is -0.800. The minimum atomic E-state index is -4.38. The predicted octanol–water partition coefficient (Wildman–Crippen LogP) is -0.0708. The van der Waals surface area contributed by atoms with Gasteiger partial charge < -0.3 is 25.7 Å². The van der Waals surface area contributed by atoms with Gasteiger partial charge in [-0.3, -0.25) is 14.4 Å². The maximum Gasteiger partial charge on any atom is 0.323 e. The maximum absolute atomic E-state index is 13.2. The Labute approximate surface area is 174 Å². The Morgan fingerprint density at radius 3 is 2.10 bits per heavy atom. The summed E-state index contributed by atoms with van der Waals surface area (Å²) in [5.41, 5.74) is 5.33. The van der Waals surface area contributed by atoms with Gasteiger partial charge in [-0.05, 0) is 30.2 Å². The van der Waals surface area contributed by atoms with E-state index in [0.717, 1.165) is 4.90 Å². The van der Waals surface area contributed by atoms with Crippen LogP contribution in [-0.2, 0) is 24.2 Å². The average Bonchev–Trinajstić information content (AvgIpc) is 2.64. The van der Waals surface area contributed by atoms with Crippen LogP contribution < -0.4 is 10.5 Å². The van der Waals surface area contributed by atoms with Crippen LogP contribution in [0.4, 0.5) is 0 Å². The van der Waals surface area contributed by atoms with Gasteiger partial charge in [-0.1, -0.05) is 13.8 Å². The van der Waals surface area contributed by atoms with Gasteiger partial charge in [0.05, 0.1) is 18.4 Å². The molecule has 0 bridgehead atoms. The summed E-state index contributed by atoms with van der Waals surface area (Å²) in [4.78, 5) is 35.7. The van der Waals surface area contributed by atoms with Crippen molar-refractivity contribution in [2.24, 2.45) is 11.7 Å². The molecule has 11 nitrogen and oxygen atoms in total. The molecule has 12 heteroatoms. The van der Waals surface area contributed by atoms with Crippen molar-refractivity contribution in [2.45, 2.75) is 36.6 Å². The summed E-state index contributed by atoms with van der Waals surface area (Å²) >= 11 is 0. The molecular formula is C18H27N3O8S. The maximum atomic E-state index is 13.2. The second-order valence-electron chi connectivity index (χ2n) is 6.99. The van der Waals surface area contributed by atoms with E-state index < -0.39 is 57.9 Å². The van der Waals surface area contributed by atoms with Gasteiger partial charge in [0, 0.05) is 7.05 Å². The number of hydrogen-bond donors (Lipinski definition) is 3. The number of nitrogens with zero attached hydrogens (tertiary/aromatic N) is 2. The fraction of sp³-hybridized carbons (Fsp3) is 0.500. The Balaban J connectivity index is 3.41. The number of methoxy groups -OCH3 is 1. The minimum absolute atomic E-state index is 0.229. The number of benzene rings is 1. The van der Waals surface area contributed by atoms with E-state index in [1.807, 2.05) is 0 Å². The van der Waals surface area contributed by atoms with Crippen molar-refractivity contribution >= 4 is 27.6 Å². The molecule has 0 saturated heterocycles. The number of carboxylic acid groups (broad SMARTS) is 1. The Morgan fingerprint density at radius 1 is 1.17 bits per heavy atom. The first kappa shape index (κ1) is 25.3. The lowest BCUT2D eigenvalue weighted by molar-refractivity contribution is -0.169. The molecule has 0 aliphatic carbocycles. The Bertz CT molecular complexity index is 870. The zero-order chi connectivity index (χ0) is 23.2. The number of hydrogen-bond acceptors (Lipinski definition) is 8. The van der Waals surface area contributed by atoms with Gasteiger partial charge in [-0.15, -0.1) is 0 Å². The van der Waals surface area contributed by atoms with E-state index in [1.165, 1.54) is 38.4 Å². The van der Waals surface area contributed by atoms with Gasteiger partial charge in [-0.25, -0.2) is 8.42 Å². The molecular weight excluding hydrogens is 418 g/mol. The highest BCUT2D eigenvalue weighted by molar-refractivity contribution is 7.92. The summed E-state index contributed by atoms with van der Waals surface area (Å²) in [5.74, 6) is -3.31. The number of primary amides is 1. The lowest BCUT2D eigenvalue weighted by atomic mass is 10.0. The molecule has 0 aromatic heterocycles. The number of carbonyl (C=O) groups is 3. The molecule has 1 unspecified atom stereocenters. The van der Waals surface area contributed by atoms with E-state index in [9.17, 15) is 28.0 Å². The van der Waals surface area contributed by atoms with Crippen LogP contribution in [0, 0.1) is 5.92 Å². The molecule has 1 aromatic rings. The summed E-state index contributed by atoms with van der Waals surface area (Å²) < 4.78 is 31.4. The number of amides is 2. The third-order valence-electron chi connectivity index (χ3n) is 4.40. The summed E-state index contributed by atoms with van der Waals surface area (Å²) in [7, 11) is -1.79. The number of sulfone groups is 1. The number of carboxylic acids is 1. The molecule has 0 saturated carbocycles. The van der Waals surface area contributed by atoms with Gasteiger partial charge in [-0.2, -0.15) is 5.06 Å². The van der Waals surface area contributed by atoms with E-state index in [4.69, 9.17) is 15.6 Å². The zero-order valence-electron chi connectivity index (χ0n) is 17.2. The number of rotatable bonds is 11. The van der Waals surface area contributed by atoms with Crippen molar-refractivity contribution in [3.05, 3.63) is 24.3 Å². The van der Waals surface area contributed by atoms with E-state index in [2.05, 4.69) is 0 Å². The number of aliphatic carboxylic acids is 1. The van der Waals surface area contributed by atoms with Crippen LogP contribution in [0.15, 0.2) is 29.2 Å². The summed E-state index contributed by atoms with van der Waals surface area (Å²) in [6, 6.07) is 3.83. The molecule has 2 atom stereocenters. The fourth-order valence-electron chi connectivity index (χ4n) is 2.81. The number of likely N-dealkylation sites (N-methyl/N-ethyl adjacent to an activating group) is 1. The average molecular weight is 445 g/mol. The number of ether oxygens (including phenoxy) is 1. The lowest BCUT2D eigenvalue weighted by Gasteiger charge is -2.33. The van der Waals surface area contributed by atoms with Crippen molar-refractivity contribution < 1.29 is 37.9 Å². The van der Waals surface area contributed by atoms with Gasteiger partial charge in [0.15, 0.2) is 15.2 Å². The first-order chi connectivity index (χ1) is 13.8. The van der Waals surface area contributed by atoms with Crippen LogP contribution >= 0.6 is 0 Å². The summed E-state index contributed by atoms with van der Waals surface area (Å²) in [5, 5.41) is 17.9. The third-order valence-corrected chi connectivity index (χ3v) is 6.42. The number of hydroxylamine groups is 2. The van der Waals surface area contributed by atoms with E-state index in [-0.39, 0.29) is 9.96 Å². The zero-order valence-corrected chi connectivity index (χ0v) is 18.0. The molecule has 0 aliphatic rings. The van der Waals surface area contributed by atoms with Crippen molar-refractivity contribution in [1.29, 1.82) is 0 Å². The van der Waals surface area contributed by atoms with Crippen molar-refractivity contribution in [2.75, 3.05) is 20.7 Å². The van der Waals surface area contributed by atoms with Gasteiger partial charge >= 0.3 is 5.97 Å². The molecule has 0 radical (unpaired) electrons. The lowest BCUT2D eigenvalue weighted by Crippen LogP contribution is -2.54. The normalized spacial score (nSPS) is 13.7. The molecule has 0 aliphatic heterocycles. The smallest absolute Gasteiger partial charge is 0.323 e. The molecule has 1 rings (SSSR count). The van der Waals surface area contributed by atoms with Crippen molar-refractivity contribution in [3.8, 4) is 5.75 Å². The van der Waals surface area contributed by atoms with Crippen molar-refractivity contribution in [3.63, 3.8) is 0 Å². The molecule has 2 amide bonds. The van der Waals surface area contributed by atoms with Gasteiger partial charge in [0.2, 0.25) is 11.8 Å². The van der Waals surface area contributed by atoms with Crippen LogP contribution in [0.3, 0.4) is 0 Å². The highest BCUT2D eigenvalue weighted by atomic mass is 32.2. The Hall–Kier alpha value is -2.70. The molecule has 168 valence electrons. The quantitative estimate of drug-likeness (QED) is 0.395. The monoisotopic (exact) mass is 445 g/mol. The van der Waals surface area contributed by atoms with Crippen LogP contribution in [0.5, 0.6) is 5.75 Å². The first-order valence-electron chi connectivity index (χ1n) is 8.93.